The van der Waals surface area contributed by atoms with Crippen molar-refractivity contribution < 1.29 is 9.59 Å². The fourth-order valence-corrected chi connectivity index (χ4v) is 6.39. The highest BCUT2D eigenvalue weighted by Crippen LogP contribution is 2.63. The molecule has 0 aromatic heterocycles. The number of ketones is 2. The fraction of sp³-hybridized carbons (Fsp3) is 0.714. The number of Topliss-reactive ketones (excluding diaryl/α,β-unsaturated/α-hetero) is 1. The third kappa shape index (κ3) is 1.87. The van der Waals surface area contributed by atoms with E-state index >= 15 is 0 Å². The molecule has 0 unspecified atom stereocenters. The SMILES string of the molecule is CC1(C)C[C@@]2(C)C(=CC1=O)C=C[C@@H]1[C@@H]2CC[C@]2(C)C(=O)CC[C@@H]12. The maximum atomic E-state index is 12.4. The van der Waals surface area contributed by atoms with E-state index < -0.39 is 0 Å². The van der Waals surface area contributed by atoms with Crippen LogP contribution in [-0.4, -0.2) is 11.6 Å². The Morgan fingerprint density at radius 1 is 1.00 bits per heavy atom. The lowest BCUT2D eigenvalue weighted by Crippen LogP contribution is -2.51. The Hall–Kier alpha value is -1.18. The number of allylic oxidation sites excluding steroid dienone is 4. The number of hydrogen-bond donors (Lipinski definition) is 0. The van der Waals surface area contributed by atoms with Gasteiger partial charge in [-0.05, 0) is 60.5 Å². The molecule has 2 nitrogen and oxygen atoms in total. The van der Waals surface area contributed by atoms with Crippen molar-refractivity contribution in [3.63, 3.8) is 0 Å². The molecule has 4 aliphatic carbocycles. The van der Waals surface area contributed by atoms with E-state index in [-0.39, 0.29) is 22.0 Å². The summed E-state index contributed by atoms with van der Waals surface area (Å²) < 4.78 is 0. The Morgan fingerprint density at radius 2 is 1.70 bits per heavy atom. The van der Waals surface area contributed by atoms with Crippen LogP contribution in [0.1, 0.15) is 59.8 Å². The summed E-state index contributed by atoms with van der Waals surface area (Å²) in [5.41, 5.74) is 0.962. The molecule has 124 valence electrons. The predicted molar refractivity (Wildman–Crippen MR) is 90.8 cm³/mol. The van der Waals surface area contributed by atoms with Gasteiger partial charge in [-0.25, -0.2) is 0 Å². The maximum Gasteiger partial charge on any atom is 0.161 e. The smallest absolute Gasteiger partial charge is 0.161 e. The highest BCUT2D eigenvalue weighted by atomic mass is 16.1. The van der Waals surface area contributed by atoms with Crippen molar-refractivity contribution in [1.82, 2.24) is 0 Å². The monoisotopic (exact) mass is 312 g/mol. The van der Waals surface area contributed by atoms with Gasteiger partial charge in [-0.2, -0.15) is 0 Å². The van der Waals surface area contributed by atoms with Gasteiger partial charge in [0.25, 0.3) is 0 Å². The number of fused-ring (bicyclic) bond motifs is 5. The van der Waals surface area contributed by atoms with Gasteiger partial charge in [-0.3, -0.25) is 9.59 Å². The zero-order valence-corrected chi connectivity index (χ0v) is 14.8. The van der Waals surface area contributed by atoms with Crippen LogP contribution in [0.25, 0.3) is 0 Å². The molecule has 0 aliphatic heterocycles. The third-order valence-electron chi connectivity index (χ3n) is 7.78. The van der Waals surface area contributed by atoms with Gasteiger partial charge < -0.3 is 0 Å². The van der Waals surface area contributed by atoms with Crippen molar-refractivity contribution in [2.75, 3.05) is 0 Å². The van der Waals surface area contributed by atoms with Crippen LogP contribution in [-0.2, 0) is 9.59 Å². The van der Waals surface area contributed by atoms with Crippen LogP contribution in [0.4, 0.5) is 0 Å². The van der Waals surface area contributed by atoms with Crippen LogP contribution < -0.4 is 0 Å². The molecular formula is C21H28O2. The zero-order chi connectivity index (χ0) is 16.6. The van der Waals surface area contributed by atoms with Crippen LogP contribution in [0.2, 0.25) is 0 Å². The van der Waals surface area contributed by atoms with Gasteiger partial charge in [-0.1, -0.05) is 39.8 Å². The highest BCUT2D eigenvalue weighted by molar-refractivity contribution is 5.96. The Morgan fingerprint density at radius 3 is 2.43 bits per heavy atom. The average Bonchev–Trinajstić information content (AvgIpc) is 2.76. The number of carbonyl (C=O) groups is 2. The van der Waals surface area contributed by atoms with Gasteiger partial charge in [0.05, 0.1) is 0 Å². The number of rotatable bonds is 0. The largest absolute Gasteiger partial charge is 0.299 e. The summed E-state index contributed by atoms with van der Waals surface area (Å²) in [6, 6.07) is 0. The van der Waals surface area contributed by atoms with Gasteiger partial charge in [0.2, 0.25) is 0 Å². The van der Waals surface area contributed by atoms with E-state index in [0.29, 0.717) is 23.5 Å². The lowest BCUT2D eigenvalue weighted by molar-refractivity contribution is -0.131. The Balaban J connectivity index is 1.78. The van der Waals surface area contributed by atoms with E-state index in [1.165, 1.54) is 5.57 Å². The summed E-state index contributed by atoms with van der Waals surface area (Å²) in [4.78, 5) is 24.8. The quantitative estimate of drug-likeness (QED) is 0.660. The Labute approximate surface area is 139 Å². The van der Waals surface area contributed by atoms with Crippen molar-refractivity contribution >= 4 is 11.6 Å². The van der Waals surface area contributed by atoms with Crippen LogP contribution in [0.3, 0.4) is 0 Å². The van der Waals surface area contributed by atoms with Crippen LogP contribution in [0, 0.1) is 34.0 Å². The number of hydrogen-bond acceptors (Lipinski definition) is 2. The van der Waals surface area contributed by atoms with E-state index in [1.54, 1.807) is 0 Å². The van der Waals surface area contributed by atoms with Crippen molar-refractivity contribution in [2.24, 2.45) is 34.0 Å². The zero-order valence-electron chi connectivity index (χ0n) is 14.8. The van der Waals surface area contributed by atoms with Gasteiger partial charge >= 0.3 is 0 Å². The molecule has 0 N–H and O–H groups in total. The summed E-state index contributed by atoms with van der Waals surface area (Å²) in [6.45, 7) is 8.76. The molecule has 0 amide bonds. The topological polar surface area (TPSA) is 34.1 Å². The molecule has 0 aromatic carbocycles. The second-order valence-corrected chi connectivity index (χ2v) is 9.51. The molecule has 0 heterocycles. The van der Waals surface area contributed by atoms with Crippen LogP contribution in [0.5, 0.6) is 0 Å². The molecule has 0 spiro atoms. The Bertz CT molecular complexity index is 653. The maximum absolute atomic E-state index is 12.4. The summed E-state index contributed by atoms with van der Waals surface area (Å²) in [7, 11) is 0. The van der Waals surface area contributed by atoms with Crippen molar-refractivity contribution in [1.29, 1.82) is 0 Å². The highest BCUT2D eigenvalue weighted by Gasteiger charge is 2.59. The predicted octanol–water partition coefficient (Wildman–Crippen LogP) is 4.50. The molecule has 4 aliphatic rings. The third-order valence-corrected chi connectivity index (χ3v) is 7.78. The second kappa shape index (κ2) is 4.46. The molecular weight excluding hydrogens is 284 g/mol. The van der Waals surface area contributed by atoms with Crippen molar-refractivity contribution in [3.8, 4) is 0 Å². The summed E-state index contributed by atoms with van der Waals surface area (Å²) in [5, 5.41) is 0. The van der Waals surface area contributed by atoms with Crippen LogP contribution in [0.15, 0.2) is 23.8 Å². The summed E-state index contributed by atoms with van der Waals surface area (Å²) in [6.07, 6.45) is 11.4. The van der Waals surface area contributed by atoms with E-state index in [2.05, 4.69) is 39.8 Å². The lowest BCUT2D eigenvalue weighted by atomic mass is 9.47. The standard InChI is InChI=1S/C21H28O2/c1-19(2)12-21(4)13(11-18(19)23)5-6-14-15-7-8-17(22)20(15,3)10-9-16(14)21/h5-6,11,14-16H,7-10,12H2,1-4H3/t14-,15-,16-,20-,21-/m0/s1. The first kappa shape index (κ1) is 15.4. The number of carbonyl (C=O) groups excluding carboxylic acids is 2. The summed E-state index contributed by atoms with van der Waals surface area (Å²) >= 11 is 0. The molecule has 23 heavy (non-hydrogen) atoms. The Kier molecular flexibility index (Phi) is 2.98. The first-order chi connectivity index (χ1) is 10.7. The average molecular weight is 312 g/mol. The molecule has 2 heteroatoms. The molecule has 0 saturated heterocycles. The fourth-order valence-electron chi connectivity index (χ4n) is 6.39. The molecule has 0 radical (unpaired) electrons. The first-order valence-electron chi connectivity index (χ1n) is 9.17. The van der Waals surface area contributed by atoms with Gasteiger partial charge in [0.15, 0.2) is 5.78 Å². The molecule has 4 rings (SSSR count). The van der Waals surface area contributed by atoms with E-state index in [1.807, 2.05) is 6.08 Å². The first-order valence-corrected chi connectivity index (χ1v) is 9.17. The van der Waals surface area contributed by atoms with E-state index in [9.17, 15) is 9.59 Å². The van der Waals surface area contributed by atoms with Gasteiger partial charge in [0, 0.05) is 17.3 Å². The molecule has 2 fully saturated rings. The van der Waals surface area contributed by atoms with E-state index in [0.717, 1.165) is 32.1 Å². The minimum Gasteiger partial charge on any atom is -0.299 e. The van der Waals surface area contributed by atoms with E-state index in [4.69, 9.17) is 0 Å². The van der Waals surface area contributed by atoms with Crippen molar-refractivity contribution in [3.05, 3.63) is 23.8 Å². The summed E-state index contributed by atoms with van der Waals surface area (Å²) in [5.74, 6) is 2.34. The normalized spacial score (nSPS) is 47.7. The van der Waals surface area contributed by atoms with Gasteiger partial charge in [-0.15, -0.1) is 0 Å². The minimum atomic E-state index is -0.264. The second-order valence-electron chi connectivity index (χ2n) is 9.51. The molecule has 2 saturated carbocycles. The lowest BCUT2D eigenvalue weighted by Gasteiger charge is -2.56. The minimum absolute atomic E-state index is 0.0871. The van der Waals surface area contributed by atoms with Crippen LogP contribution >= 0.6 is 0 Å². The molecule has 5 atom stereocenters. The molecule has 0 aromatic rings. The molecule has 0 bridgehead atoms. The van der Waals surface area contributed by atoms with Crippen molar-refractivity contribution in [2.45, 2.75) is 59.8 Å². The van der Waals surface area contributed by atoms with Gasteiger partial charge in [0.1, 0.15) is 5.78 Å².